The molecule has 13 heteroatoms. The Kier molecular flexibility index (Phi) is 11.2. The average Bonchev–Trinajstić information content (AvgIpc) is 2.90. The summed E-state index contributed by atoms with van der Waals surface area (Å²) in [5.41, 5.74) is 4.21. The SMILES string of the molecule is CC[C@@H]1NC(=O)[C@H](CCCNC(=N)N)NC(=O)[C@](C)(NC(=O)C(C)C)CNC(=O)[C@@H](c2ccccc2)NC1=O. The molecule has 0 aliphatic carbocycles. The summed E-state index contributed by atoms with van der Waals surface area (Å²) in [7, 11) is 0. The minimum atomic E-state index is -1.61. The topological polar surface area (TPSA) is 207 Å². The van der Waals surface area contributed by atoms with Crippen molar-refractivity contribution < 1.29 is 24.0 Å². The molecule has 1 aliphatic heterocycles. The van der Waals surface area contributed by atoms with Crippen molar-refractivity contribution >= 4 is 35.5 Å². The van der Waals surface area contributed by atoms with E-state index in [9.17, 15) is 24.0 Å². The maximum atomic E-state index is 13.6. The smallest absolute Gasteiger partial charge is 0.247 e. The fourth-order valence-electron chi connectivity index (χ4n) is 3.89. The Morgan fingerprint density at radius 3 is 2.28 bits per heavy atom. The molecule has 39 heavy (non-hydrogen) atoms. The summed E-state index contributed by atoms with van der Waals surface area (Å²) in [6, 6.07) is 5.43. The highest BCUT2D eigenvalue weighted by Gasteiger charge is 2.40. The van der Waals surface area contributed by atoms with Gasteiger partial charge in [-0.25, -0.2) is 0 Å². The number of nitrogens with one attached hydrogen (secondary N) is 7. The molecule has 1 aliphatic rings. The van der Waals surface area contributed by atoms with Crippen LogP contribution in [0, 0.1) is 11.3 Å². The van der Waals surface area contributed by atoms with Gasteiger partial charge >= 0.3 is 0 Å². The predicted molar refractivity (Wildman–Crippen MR) is 145 cm³/mol. The van der Waals surface area contributed by atoms with E-state index in [-0.39, 0.29) is 31.9 Å². The summed E-state index contributed by atoms with van der Waals surface area (Å²) in [5, 5.41) is 23.4. The molecule has 214 valence electrons. The van der Waals surface area contributed by atoms with Gasteiger partial charge in [0.25, 0.3) is 0 Å². The third kappa shape index (κ3) is 8.97. The molecule has 1 saturated heterocycles. The van der Waals surface area contributed by atoms with Gasteiger partial charge in [-0.3, -0.25) is 29.4 Å². The molecular formula is C26H40N8O5. The van der Waals surface area contributed by atoms with E-state index in [1.165, 1.54) is 6.92 Å². The van der Waals surface area contributed by atoms with Gasteiger partial charge in [-0.05, 0) is 31.7 Å². The zero-order valence-electron chi connectivity index (χ0n) is 22.9. The van der Waals surface area contributed by atoms with Crippen molar-refractivity contribution in [1.82, 2.24) is 31.9 Å². The minimum absolute atomic E-state index is 0.156. The van der Waals surface area contributed by atoms with Crippen LogP contribution in [0.5, 0.6) is 0 Å². The Labute approximate surface area is 228 Å². The number of carbonyl (C=O) groups excluding carboxylic acids is 5. The molecule has 5 amide bonds. The Morgan fingerprint density at radius 1 is 1.05 bits per heavy atom. The van der Waals surface area contributed by atoms with Crippen molar-refractivity contribution in [2.24, 2.45) is 11.7 Å². The van der Waals surface area contributed by atoms with E-state index >= 15 is 0 Å². The van der Waals surface area contributed by atoms with E-state index in [1.807, 2.05) is 0 Å². The number of benzene rings is 1. The molecule has 2 rings (SSSR count). The van der Waals surface area contributed by atoms with Gasteiger partial charge in [0, 0.05) is 19.0 Å². The van der Waals surface area contributed by atoms with Crippen LogP contribution < -0.4 is 37.6 Å². The molecule has 1 heterocycles. The van der Waals surface area contributed by atoms with Crippen molar-refractivity contribution in [1.29, 1.82) is 5.41 Å². The molecule has 1 aromatic carbocycles. The third-order valence-electron chi connectivity index (χ3n) is 6.37. The van der Waals surface area contributed by atoms with E-state index in [0.29, 0.717) is 12.0 Å². The van der Waals surface area contributed by atoms with Crippen LogP contribution in [0.2, 0.25) is 0 Å². The maximum absolute atomic E-state index is 13.6. The van der Waals surface area contributed by atoms with E-state index in [4.69, 9.17) is 11.1 Å². The van der Waals surface area contributed by atoms with Crippen molar-refractivity contribution in [2.45, 2.75) is 70.6 Å². The Hall–Kier alpha value is -4.16. The predicted octanol–water partition coefficient (Wildman–Crippen LogP) is -0.853. The first kappa shape index (κ1) is 31.1. The summed E-state index contributed by atoms with van der Waals surface area (Å²) < 4.78 is 0. The number of nitrogens with two attached hydrogens (primary N) is 1. The summed E-state index contributed by atoms with van der Waals surface area (Å²) >= 11 is 0. The fourth-order valence-corrected chi connectivity index (χ4v) is 3.89. The Balaban J connectivity index is 2.46. The molecular weight excluding hydrogens is 504 g/mol. The molecule has 1 fully saturated rings. The molecule has 0 spiro atoms. The lowest BCUT2D eigenvalue weighted by Gasteiger charge is -2.32. The summed E-state index contributed by atoms with van der Waals surface area (Å²) in [6.07, 6.45) is 0.751. The highest BCUT2D eigenvalue weighted by molar-refractivity contribution is 5.98. The fraction of sp³-hybridized carbons (Fsp3) is 0.538. The summed E-state index contributed by atoms with van der Waals surface area (Å²) in [4.78, 5) is 66.0. The second kappa shape index (κ2) is 14.1. The van der Waals surface area contributed by atoms with Gasteiger partial charge in [0.1, 0.15) is 23.7 Å². The highest BCUT2D eigenvalue weighted by Crippen LogP contribution is 2.16. The molecule has 0 aromatic heterocycles. The van der Waals surface area contributed by atoms with E-state index < -0.39 is 59.1 Å². The maximum Gasteiger partial charge on any atom is 0.247 e. The van der Waals surface area contributed by atoms with Crippen LogP contribution >= 0.6 is 0 Å². The van der Waals surface area contributed by atoms with Crippen molar-refractivity contribution in [2.75, 3.05) is 13.1 Å². The van der Waals surface area contributed by atoms with Crippen molar-refractivity contribution in [3.8, 4) is 0 Å². The molecule has 9 N–H and O–H groups in total. The first-order valence-corrected chi connectivity index (χ1v) is 13.0. The lowest BCUT2D eigenvalue weighted by molar-refractivity contribution is -0.137. The largest absolute Gasteiger partial charge is 0.370 e. The summed E-state index contributed by atoms with van der Waals surface area (Å²) in [5.74, 6) is -3.52. The number of hydrogen-bond acceptors (Lipinski definition) is 6. The van der Waals surface area contributed by atoms with Crippen molar-refractivity contribution in [3.05, 3.63) is 35.9 Å². The molecule has 0 unspecified atom stereocenters. The molecule has 13 nitrogen and oxygen atoms in total. The van der Waals surface area contributed by atoms with Gasteiger partial charge in [-0.2, -0.15) is 0 Å². The van der Waals surface area contributed by atoms with Crippen molar-refractivity contribution in [3.63, 3.8) is 0 Å². The van der Waals surface area contributed by atoms with E-state index in [2.05, 4.69) is 31.9 Å². The Morgan fingerprint density at radius 2 is 1.69 bits per heavy atom. The van der Waals surface area contributed by atoms with Crippen LogP contribution in [0.1, 0.15) is 58.6 Å². The van der Waals surface area contributed by atoms with Crippen LogP contribution in [-0.4, -0.2) is 66.2 Å². The van der Waals surface area contributed by atoms with Gasteiger partial charge in [0.05, 0.1) is 0 Å². The van der Waals surface area contributed by atoms with Crippen LogP contribution in [0.15, 0.2) is 30.3 Å². The molecule has 0 bridgehead atoms. The average molecular weight is 545 g/mol. The molecule has 4 atom stereocenters. The van der Waals surface area contributed by atoms with Gasteiger partial charge in [-0.15, -0.1) is 0 Å². The zero-order valence-corrected chi connectivity index (χ0v) is 22.9. The van der Waals surface area contributed by atoms with E-state index in [1.54, 1.807) is 51.1 Å². The normalized spacial score (nSPS) is 24.6. The van der Waals surface area contributed by atoms with Gasteiger partial charge in [0.2, 0.25) is 29.5 Å². The zero-order chi connectivity index (χ0) is 29.2. The lowest BCUT2D eigenvalue weighted by Crippen LogP contribution is -2.65. The number of rotatable bonds is 8. The number of guanidine groups is 1. The van der Waals surface area contributed by atoms with Crippen LogP contribution in [0.25, 0.3) is 0 Å². The minimum Gasteiger partial charge on any atom is -0.370 e. The standard InChI is InChI=1S/C26H40N8O5/c1-5-17-21(36)33-19(16-10-7-6-8-11-16)23(38)30-14-26(4,34-20(35)15(2)3)24(39)32-18(22(37)31-17)12-9-13-29-25(27)28/h6-8,10-11,15,17-19H,5,9,12-14H2,1-4H3,(H,30,38)(H,31,37)(H,32,39)(H,33,36)(H,34,35)(H4,27,28,29)/t17-,18-,19+,26+/m0/s1. The molecule has 0 radical (unpaired) electrons. The molecule has 1 aromatic rings. The first-order chi connectivity index (χ1) is 18.4. The summed E-state index contributed by atoms with van der Waals surface area (Å²) in [6.45, 7) is 6.48. The number of amides is 5. The van der Waals surface area contributed by atoms with Crippen LogP contribution in [-0.2, 0) is 24.0 Å². The van der Waals surface area contributed by atoms with Crippen LogP contribution in [0.3, 0.4) is 0 Å². The number of hydrogen-bond donors (Lipinski definition) is 8. The molecule has 0 saturated carbocycles. The second-order valence-corrected chi connectivity index (χ2v) is 10.0. The van der Waals surface area contributed by atoms with E-state index in [0.717, 1.165) is 0 Å². The van der Waals surface area contributed by atoms with Gasteiger partial charge in [-0.1, -0.05) is 51.1 Å². The van der Waals surface area contributed by atoms with Crippen LogP contribution in [0.4, 0.5) is 0 Å². The lowest BCUT2D eigenvalue weighted by atomic mass is 9.97. The quantitative estimate of drug-likeness (QED) is 0.118. The Bertz CT molecular complexity index is 1060. The van der Waals surface area contributed by atoms with Gasteiger partial charge in [0.15, 0.2) is 5.96 Å². The number of carbonyl (C=O) groups is 5. The third-order valence-corrected chi connectivity index (χ3v) is 6.37. The highest BCUT2D eigenvalue weighted by atomic mass is 16.2. The monoisotopic (exact) mass is 544 g/mol. The second-order valence-electron chi connectivity index (χ2n) is 10.0. The van der Waals surface area contributed by atoms with Gasteiger partial charge < -0.3 is 37.6 Å². The first-order valence-electron chi connectivity index (χ1n) is 13.0.